The SMILES string of the molecule is CCCCCCCCCCCCCC(=O)N[C@H](Nc1ccccc1OC)C(Cl)(Cl)Cl. The number of hydrogen-bond donors (Lipinski definition) is 2. The zero-order valence-corrected chi connectivity index (χ0v) is 20.6. The number of carbonyl (C=O) groups is 1. The molecule has 0 unspecified atom stereocenters. The monoisotopic (exact) mass is 478 g/mol. The average Bonchev–Trinajstić information content (AvgIpc) is 2.71. The summed E-state index contributed by atoms with van der Waals surface area (Å²) < 4.78 is 3.60. The van der Waals surface area contributed by atoms with E-state index in [0.717, 1.165) is 19.3 Å². The van der Waals surface area contributed by atoms with Crippen molar-refractivity contribution in [2.75, 3.05) is 12.4 Å². The van der Waals surface area contributed by atoms with E-state index in [4.69, 9.17) is 39.5 Å². The largest absolute Gasteiger partial charge is 0.495 e. The van der Waals surface area contributed by atoms with Crippen LogP contribution >= 0.6 is 34.8 Å². The van der Waals surface area contributed by atoms with E-state index in [1.807, 2.05) is 12.1 Å². The number of carbonyl (C=O) groups excluding carboxylic acids is 1. The Balaban J connectivity index is 2.27. The zero-order chi connectivity index (χ0) is 22.2. The van der Waals surface area contributed by atoms with Crippen LogP contribution in [-0.4, -0.2) is 23.0 Å². The number of halogens is 3. The van der Waals surface area contributed by atoms with Crippen molar-refractivity contribution in [1.82, 2.24) is 5.32 Å². The minimum absolute atomic E-state index is 0.135. The quantitative estimate of drug-likeness (QED) is 0.146. The summed E-state index contributed by atoms with van der Waals surface area (Å²) in [7, 11) is 1.57. The van der Waals surface area contributed by atoms with E-state index < -0.39 is 9.96 Å². The van der Waals surface area contributed by atoms with Crippen molar-refractivity contribution in [2.45, 2.75) is 93.9 Å². The number of rotatable bonds is 16. The Morgan fingerprint density at radius 2 is 1.47 bits per heavy atom. The summed E-state index contributed by atoms with van der Waals surface area (Å²) in [5.74, 6) is 0.473. The lowest BCUT2D eigenvalue weighted by Gasteiger charge is -2.28. The van der Waals surface area contributed by atoms with Crippen LogP contribution < -0.4 is 15.4 Å². The van der Waals surface area contributed by atoms with Gasteiger partial charge in [0.15, 0.2) is 0 Å². The van der Waals surface area contributed by atoms with Gasteiger partial charge in [-0.25, -0.2) is 0 Å². The van der Waals surface area contributed by atoms with Crippen molar-refractivity contribution in [3.8, 4) is 5.75 Å². The van der Waals surface area contributed by atoms with Crippen molar-refractivity contribution in [3.05, 3.63) is 24.3 Å². The van der Waals surface area contributed by atoms with Gasteiger partial charge in [-0.3, -0.25) is 4.79 Å². The highest BCUT2D eigenvalue weighted by Crippen LogP contribution is 2.33. The standard InChI is InChI=1S/C23H37Cl3N2O2/c1-3-4-5-6-7-8-9-10-11-12-13-18-21(29)28-22(23(24,25)26)27-19-16-14-15-17-20(19)30-2/h14-17,22,27H,3-13,18H2,1-2H3,(H,28,29)/t22-/m0/s1. The highest BCUT2D eigenvalue weighted by Gasteiger charge is 2.34. The molecular formula is C23H37Cl3N2O2. The minimum atomic E-state index is -1.70. The molecule has 0 saturated heterocycles. The van der Waals surface area contributed by atoms with Crippen LogP contribution in [0, 0.1) is 0 Å². The second kappa shape index (κ2) is 15.9. The van der Waals surface area contributed by atoms with Gasteiger partial charge >= 0.3 is 0 Å². The fraction of sp³-hybridized carbons (Fsp3) is 0.696. The normalized spacial score (nSPS) is 12.4. The van der Waals surface area contributed by atoms with Gasteiger partial charge in [-0.1, -0.05) is 118 Å². The lowest BCUT2D eigenvalue weighted by molar-refractivity contribution is -0.121. The number of ether oxygens (including phenoxy) is 1. The molecule has 1 atom stereocenters. The Bertz CT molecular complexity index is 594. The Kier molecular flexibility index (Phi) is 14.4. The van der Waals surface area contributed by atoms with Gasteiger partial charge in [0.1, 0.15) is 11.9 Å². The molecular weight excluding hydrogens is 443 g/mol. The van der Waals surface area contributed by atoms with E-state index in [-0.39, 0.29) is 5.91 Å². The molecule has 0 fully saturated rings. The smallest absolute Gasteiger partial charge is 0.228 e. The molecule has 0 aliphatic heterocycles. The molecule has 0 aliphatic carbocycles. The van der Waals surface area contributed by atoms with Crippen LogP contribution in [0.15, 0.2) is 24.3 Å². The van der Waals surface area contributed by atoms with Crippen molar-refractivity contribution in [2.24, 2.45) is 0 Å². The van der Waals surface area contributed by atoms with E-state index in [1.165, 1.54) is 51.4 Å². The highest BCUT2D eigenvalue weighted by atomic mass is 35.6. The first-order valence-corrected chi connectivity index (χ1v) is 12.3. The average molecular weight is 480 g/mol. The first kappa shape index (κ1) is 27.2. The Morgan fingerprint density at radius 1 is 0.933 bits per heavy atom. The third kappa shape index (κ3) is 12.1. The highest BCUT2D eigenvalue weighted by molar-refractivity contribution is 6.68. The van der Waals surface area contributed by atoms with Gasteiger partial charge in [0.05, 0.1) is 12.8 Å². The van der Waals surface area contributed by atoms with E-state index in [1.54, 1.807) is 19.2 Å². The van der Waals surface area contributed by atoms with E-state index in [0.29, 0.717) is 17.9 Å². The number of alkyl halides is 3. The number of benzene rings is 1. The molecule has 0 radical (unpaired) electrons. The molecule has 0 bridgehead atoms. The molecule has 172 valence electrons. The van der Waals surface area contributed by atoms with E-state index >= 15 is 0 Å². The van der Waals surface area contributed by atoms with Gasteiger partial charge in [-0.15, -0.1) is 0 Å². The number of anilines is 1. The van der Waals surface area contributed by atoms with Crippen LogP contribution in [0.4, 0.5) is 5.69 Å². The van der Waals surface area contributed by atoms with Crippen molar-refractivity contribution >= 4 is 46.4 Å². The lowest BCUT2D eigenvalue weighted by Crippen LogP contribution is -2.49. The van der Waals surface area contributed by atoms with E-state index in [9.17, 15) is 4.79 Å². The molecule has 0 spiro atoms. The summed E-state index contributed by atoms with van der Waals surface area (Å²) in [5, 5.41) is 5.85. The number of amides is 1. The van der Waals surface area contributed by atoms with Crippen LogP contribution in [0.5, 0.6) is 5.75 Å². The van der Waals surface area contributed by atoms with Gasteiger partial charge in [0.2, 0.25) is 9.70 Å². The Morgan fingerprint density at radius 3 is 2.00 bits per heavy atom. The molecule has 7 heteroatoms. The summed E-state index contributed by atoms with van der Waals surface area (Å²) in [5.41, 5.74) is 0.645. The molecule has 1 rings (SSSR count). The number of methoxy groups -OCH3 is 1. The maximum Gasteiger partial charge on any atom is 0.228 e. The van der Waals surface area contributed by atoms with Crippen LogP contribution in [0.25, 0.3) is 0 Å². The van der Waals surface area contributed by atoms with Crippen molar-refractivity contribution < 1.29 is 9.53 Å². The number of nitrogens with one attached hydrogen (secondary N) is 2. The van der Waals surface area contributed by atoms with Crippen LogP contribution in [0.1, 0.15) is 84.0 Å². The molecule has 0 heterocycles. The predicted octanol–water partition coefficient (Wildman–Crippen LogP) is 7.62. The third-order valence-electron chi connectivity index (χ3n) is 5.05. The molecule has 4 nitrogen and oxygen atoms in total. The summed E-state index contributed by atoms with van der Waals surface area (Å²) >= 11 is 18.2. The van der Waals surface area contributed by atoms with Crippen LogP contribution in [-0.2, 0) is 4.79 Å². The molecule has 0 aromatic heterocycles. The number of para-hydroxylation sites is 2. The number of unbranched alkanes of at least 4 members (excludes halogenated alkanes) is 10. The Labute approximate surface area is 197 Å². The summed E-state index contributed by atoms with van der Waals surface area (Å²) in [6.07, 6.45) is 13.2. The van der Waals surface area contributed by atoms with Gasteiger partial charge < -0.3 is 15.4 Å². The minimum Gasteiger partial charge on any atom is -0.495 e. The van der Waals surface area contributed by atoms with Gasteiger partial charge in [-0.05, 0) is 18.6 Å². The molecule has 2 N–H and O–H groups in total. The summed E-state index contributed by atoms with van der Waals surface area (Å²) in [6, 6.07) is 7.29. The molecule has 0 saturated carbocycles. The second-order valence-electron chi connectivity index (χ2n) is 7.67. The van der Waals surface area contributed by atoms with Gasteiger partial charge in [-0.2, -0.15) is 0 Å². The maximum absolute atomic E-state index is 12.3. The summed E-state index contributed by atoms with van der Waals surface area (Å²) in [6.45, 7) is 2.24. The molecule has 30 heavy (non-hydrogen) atoms. The molecule has 1 aromatic rings. The first-order chi connectivity index (χ1) is 14.4. The zero-order valence-electron chi connectivity index (χ0n) is 18.3. The number of hydrogen-bond acceptors (Lipinski definition) is 3. The fourth-order valence-corrected chi connectivity index (χ4v) is 3.63. The van der Waals surface area contributed by atoms with Gasteiger partial charge in [0, 0.05) is 6.42 Å². The second-order valence-corrected chi connectivity index (χ2v) is 10.0. The third-order valence-corrected chi connectivity index (χ3v) is 5.70. The van der Waals surface area contributed by atoms with Crippen molar-refractivity contribution in [3.63, 3.8) is 0 Å². The molecule has 1 amide bonds. The van der Waals surface area contributed by atoms with Crippen molar-refractivity contribution in [1.29, 1.82) is 0 Å². The molecule has 0 aliphatic rings. The van der Waals surface area contributed by atoms with E-state index in [2.05, 4.69) is 17.6 Å². The molecule has 1 aromatic carbocycles. The maximum atomic E-state index is 12.3. The predicted molar refractivity (Wildman–Crippen MR) is 130 cm³/mol. The van der Waals surface area contributed by atoms with Gasteiger partial charge in [0.25, 0.3) is 0 Å². The van der Waals surface area contributed by atoms with Crippen LogP contribution in [0.2, 0.25) is 0 Å². The van der Waals surface area contributed by atoms with Crippen LogP contribution in [0.3, 0.4) is 0 Å². The topological polar surface area (TPSA) is 50.4 Å². The fourth-order valence-electron chi connectivity index (χ4n) is 3.30. The first-order valence-electron chi connectivity index (χ1n) is 11.1. The summed E-state index contributed by atoms with van der Waals surface area (Å²) in [4.78, 5) is 12.3. The Hall–Kier alpha value is -0.840. The lowest BCUT2D eigenvalue weighted by atomic mass is 10.1.